The van der Waals surface area contributed by atoms with Crippen molar-refractivity contribution in [1.82, 2.24) is 14.7 Å². The summed E-state index contributed by atoms with van der Waals surface area (Å²) in [6, 6.07) is 0. The number of aryl methyl sites for hydroxylation is 1. The molecule has 0 aliphatic rings. The minimum atomic E-state index is -1.02. The number of aromatic nitrogens is 2. The number of amides is 1. The van der Waals surface area contributed by atoms with E-state index in [-0.39, 0.29) is 12.5 Å². The van der Waals surface area contributed by atoms with Gasteiger partial charge in [0.15, 0.2) is 0 Å². The first-order valence-electron chi connectivity index (χ1n) is 4.54. The summed E-state index contributed by atoms with van der Waals surface area (Å²) >= 11 is 0. The Balaban J connectivity index is 2.77. The zero-order chi connectivity index (χ0) is 11.4. The second-order valence-corrected chi connectivity index (χ2v) is 3.12. The molecular weight excluding hydrogens is 198 g/mol. The Kier molecular flexibility index (Phi) is 3.43. The third kappa shape index (κ3) is 2.80. The summed E-state index contributed by atoms with van der Waals surface area (Å²) in [5, 5.41) is 12.5. The van der Waals surface area contributed by atoms with E-state index in [1.807, 2.05) is 0 Å². The van der Waals surface area contributed by atoms with Crippen LogP contribution in [0.1, 0.15) is 17.3 Å². The number of nitrogens with zero attached hydrogens (tertiary/aromatic N) is 3. The highest BCUT2D eigenvalue weighted by Gasteiger charge is 2.17. The van der Waals surface area contributed by atoms with E-state index in [1.54, 1.807) is 20.2 Å². The lowest BCUT2D eigenvalue weighted by atomic mass is 10.3. The van der Waals surface area contributed by atoms with Crippen LogP contribution in [0.3, 0.4) is 0 Å². The Bertz CT molecular complexity index is 372. The highest BCUT2D eigenvalue weighted by molar-refractivity contribution is 5.95. The predicted octanol–water partition coefficient (Wildman–Crippen LogP) is -0.0332. The van der Waals surface area contributed by atoms with Crippen LogP contribution in [0.4, 0.5) is 0 Å². The van der Waals surface area contributed by atoms with E-state index < -0.39 is 5.97 Å². The van der Waals surface area contributed by atoms with Crippen LogP contribution in [-0.2, 0) is 11.8 Å². The van der Waals surface area contributed by atoms with Crippen molar-refractivity contribution in [2.75, 3.05) is 13.1 Å². The van der Waals surface area contributed by atoms with E-state index in [9.17, 15) is 9.59 Å². The van der Waals surface area contributed by atoms with Gasteiger partial charge in [-0.25, -0.2) is 0 Å². The summed E-state index contributed by atoms with van der Waals surface area (Å²) in [4.78, 5) is 23.5. The van der Waals surface area contributed by atoms with Gasteiger partial charge in [-0.1, -0.05) is 0 Å². The monoisotopic (exact) mass is 211 g/mol. The fraction of sp³-hybridized carbons (Fsp3) is 0.444. The number of carboxylic acids is 1. The second-order valence-electron chi connectivity index (χ2n) is 3.12. The highest BCUT2D eigenvalue weighted by atomic mass is 16.4. The summed E-state index contributed by atoms with van der Waals surface area (Å²) in [6.07, 6.45) is 2.99. The van der Waals surface area contributed by atoms with Crippen molar-refractivity contribution in [3.8, 4) is 0 Å². The normalized spacial score (nSPS) is 10.0. The predicted molar refractivity (Wildman–Crippen MR) is 52.4 cm³/mol. The van der Waals surface area contributed by atoms with Gasteiger partial charge in [0, 0.05) is 19.8 Å². The van der Waals surface area contributed by atoms with Crippen molar-refractivity contribution in [2.24, 2.45) is 7.05 Å². The highest BCUT2D eigenvalue weighted by Crippen LogP contribution is 2.02. The van der Waals surface area contributed by atoms with Gasteiger partial charge in [-0.3, -0.25) is 14.3 Å². The largest absolute Gasteiger partial charge is 0.480 e. The molecule has 0 unspecified atom stereocenters. The topological polar surface area (TPSA) is 75.4 Å². The summed E-state index contributed by atoms with van der Waals surface area (Å²) in [5.74, 6) is -1.33. The molecule has 1 N–H and O–H groups in total. The molecule has 6 heteroatoms. The smallest absolute Gasteiger partial charge is 0.323 e. The maximum absolute atomic E-state index is 11.7. The number of carboxylic acid groups (broad SMARTS) is 1. The minimum Gasteiger partial charge on any atom is -0.480 e. The molecular formula is C9H13N3O3. The molecule has 0 saturated carbocycles. The van der Waals surface area contributed by atoms with Gasteiger partial charge in [0.2, 0.25) is 0 Å². The molecule has 0 bridgehead atoms. The van der Waals surface area contributed by atoms with Gasteiger partial charge in [-0.2, -0.15) is 5.10 Å². The third-order valence-corrected chi connectivity index (χ3v) is 1.95. The first kappa shape index (κ1) is 11.2. The van der Waals surface area contributed by atoms with E-state index >= 15 is 0 Å². The van der Waals surface area contributed by atoms with Gasteiger partial charge >= 0.3 is 5.97 Å². The molecule has 1 amide bonds. The Morgan fingerprint density at radius 2 is 2.27 bits per heavy atom. The molecule has 1 aromatic rings. The van der Waals surface area contributed by atoms with Crippen molar-refractivity contribution in [3.05, 3.63) is 18.0 Å². The molecule has 0 fully saturated rings. The summed E-state index contributed by atoms with van der Waals surface area (Å²) in [5.41, 5.74) is 0.403. The molecule has 1 rings (SSSR count). The Labute approximate surface area is 87.1 Å². The van der Waals surface area contributed by atoms with E-state index in [1.165, 1.54) is 15.8 Å². The molecule has 0 spiro atoms. The van der Waals surface area contributed by atoms with E-state index in [4.69, 9.17) is 5.11 Å². The maximum atomic E-state index is 11.7. The molecule has 0 aromatic carbocycles. The van der Waals surface area contributed by atoms with Crippen LogP contribution >= 0.6 is 0 Å². The molecule has 0 aliphatic heterocycles. The molecule has 0 saturated heterocycles. The van der Waals surface area contributed by atoms with Crippen LogP contribution in [0, 0.1) is 0 Å². The Morgan fingerprint density at radius 3 is 2.67 bits per heavy atom. The molecule has 1 aromatic heterocycles. The SMILES string of the molecule is CCN(CC(=O)O)C(=O)c1cnn(C)c1. The fourth-order valence-electron chi connectivity index (χ4n) is 1.20. The number of likely N-dealkylation sites (N-methyl/N-ethyl adjacent to an activating group) is 1. The molecule has 6 nitrogen and oxygen atoms in total. The van der Waals surface area contributed by atoms with Crippen LogP contribution in [0.15, 0.2) is 12.4 Å². The second kappa shape index (κ2) is 4.59. The van der Waals surface area contributed by atoms with Crippen LogP contribution in [0.5, 0.6) is 0 Å². The van der Waals surface area contributed by atoms with Crippen LogP contribution in [-0.4, -0.2) is 44.8 Å². The summed E-state index contributed by atoms with van der Waals surface area (Å²) in [6.45, 7) is 1.81. The molecule has 1 heterocycles. The average Bonchev–Trinajstić information content (AvgIpc) is 2.60. The lowest BCUT2D eigenvalue weighted by Gasteiger charge is -2.17. The molecule has 0 atom stereocenters. The van der Waals surface area contributed by atoms with Crippen LogP contribution in [0.25, 0.3) is 0 Å². The van der Waals surface area contributed by atoms with Gasteiger partial charge in [-0.15, -0.1) is 0 Å². The summed E-state index contributed by atoms with van der Waals surface area (Å²) < 4.78 is 1.50. The zero-order valence-corrected chi connectivity index (χ0v) is 8.67. The molecule has 15 heavy (non-hydrogen) atoms. The Morgan fingerprint density at radius 1 is 1.60 bits per heavy atom. The van der Waals surface area contributed by atoms with Gasteiger partial charge in [-0.05, 0) is 6.92 Å². The van der Waals surface area contributed by atoms with Crippen molar-refractivity contribution in [2.45, 2.75) is 6.92 Å². The van der Waals surface area contributed by atoms with Crippen molar-refractivity contribution >= 4 is 11.9 Å². The van der Waals surface area contributed by atoms with Gasteiger partial charge in [0.05, 0.1) is 11.8 Å². The third-order valence-electron chi connectivity index (χ3n) is 1.95. The zero-order valence-electron chi connectivity index (χ0n) is 8.67. The molecule has 0 radical (unpaired) electrons. The number of aliphatic carboxylic acids is 1. The maximum Gasteiger partial charge on any atom is 0.323 e. The van der Waals surface area contributed by atoms with Crippen molar-refractivity contribution in [1.29, 1.82) is 0 Å². The average molecular weight is 211 g/mol. The van der Waals surface area contributed by atoms with Gasteiger partial charge in [0.1, 0.15) is 6.54 Å². The number of rotatable bonds is 4. The molecule has 82 valence electrons. The fourth-order valence-corrected chi connectivity index (χ4v) is 1.20. The van der Waals surface area contributed by atoms with E-state index in [2.05, 4.69) is 5.10 Å². The lowest BCUT2D eigenvalue weighted by molar-refractivity contribution is -0.137. The minimum absolute atomic E-state index is 0.287. The number of hydrogen-bond donors (Lipinski definition) is 1. The lowest BCUT2D eigenvalue weighted by Crippen LogP contribution is -2.35. The number of carbonyl (C=O) groups is 2. The van der Waals surface area contributed by atoms with Gasteiger partial charge < -0.3 is 10.0 Å². The van der Waals surface area contributed by atoms with Crippen LogP contribution < -0.4 is 0 Å². The van der Waals surface area contributed by atoms with E-state index in [0.29, 0.717) is 12.1 Å². The van der Waals surface area contributed by atoms with Crippen LogP contribution in [0.2, 0.25) is 0 Å². The Hall–Kier alpha value is -1.85. The van der Waals surface area contributed by atoms with Gasteiger partial charge in [0.25, 0.3) is 5.91 Å². The first-order valence-corrected chi connectivity index (χ1v) is 4.54. The number of hydrogen-bond acceptors (Lipinski definition) is 3. The van der Waals surface area contributed by atoms with Crippen molar-refractivity contribution < 1.29 is 14.7 Å². The summed E-state index contributed by atoms with van der Waals surface area (Å²) in [7, 11) is 1.70. The molecule has 0 aliphatic carbocycles. The number of carbonyl (C=O) groups excluding carboxylic acids is 1. The van der Waals surface area contributed by atoms with E-state index in [0.717, 1.165) is 0 Å². The first-order chi connectivity index (χ1) is 7.04. The quantitative estimate of drug-likeness (QED) is 0.758. The standard InChI is InChI=1S/C9H13N3O3/c1-3-12(6-8(13)14)9(15)7-4-10-11(2)5-7/h4-5H,3,6H2,1-2H3,(H,13,14). The van der Waals surface area contributed by atoms with Crippen molar-refractivity contribution in [3.63, 3.8) is 0 Å².